The van der Waals surface area contributed by atoms with Crippen molar-refractivity contribution < 1.29 is 17.8 Å². The molecule has 0 unspecified atom stereocenters. The van der Waals surface area contributed by atoms with E-state index < -0.39 is 20.8 Å². The van der Waals surface area contributed by atoms with Gasteiger partial charge < -0.3 is 11.9 Å². The van der Waals surface area contributed by atoms with Crippen LogP contribution in [0.3, 0.4) is 0 Å². The number of carbonyl (C=O) groups is 1. The molecule has 1 amide bonds. The van der Waals surface area contributed by atoms with Crippen LogP contribution in [0.1, 0.15) is 20.8 Å². The number of carbonyl (C=O) groups excluding carboxylic acids is 1. The second-order valence-electron chi connectivity index (χ2n) is 3.19. The van der Waals surface area contributed by atoms with Gasteiger partial charge in [-0.25, -0.2) is 0 Å². The molecule has 0 radical (unpaired) electrons. The Morgan fingerprint density at radius 1 is 1.43 bits per heavy atom. The summed E-state index contributed by atoms with van der Waals surface area (Å²) < 4.78 is 27.7. The fraction of sp³-hybridized carbons (Fsp3) is 0.571. The zero-order valence-electron chi connectivity index (χ0n) is 8.65. The normalized spacial score (nSPS) is 10.3. The Hall–Kier alpha value is -0.920. The SMILES string of the molecule is C=CC(N)=O.CC(C)(C)S(=O)(=O)O.N. The molecule has 0 saturated heterocycles. The molecule has 0 fully saturated rings. The van der Waals surface area contributed by atoms with Crippen LogP contribution in [0.15, 0.2) is 12.7 Å². The molecule has 0 aromatic carbocycles. The first-order valence-corrected chi connectivity index (χ1v) is 4.85. The first-order valence-electron chi connectivity index (χ1n) is 3.41. The molecule has 0 atom stereocenters. The highest BCUT2D eigenvalue weighted by Crippen LogP contribution is 2.11. The monoisotopic (exact) mass is 226 g/mol. The third kappa shape index (κ3) is 11.1. The molecular weight excluding hydrogens is 208 g/mol. The lowest BCUT2D eigenvalue weighted by atomic mass is 10.3. The molecule has 0 aliphatic rings. The lowest BCUT2D eigenvalue weighted by Gasteiger charge is -2.12. The summed E-state index contributed by atoms with van der Waals surface area (Å²) in [7, 11) is -3.84. The maximum atomic E-state index is 10.2. The van der Waals surface area contributed by atoms with Gasteiger partial charge in [0, 0.05) is 0 Å². The topological polar surface area (TPSA) is 132 Å². The number of hydrogen-bond acceptors (Lipinski definition) is 4. The summed E-state index contributed by atoms with van der Waals surface area (Å²) in [6, 6.07) is 0. The molecule has 6 nitrogen and oxygen atoms in total. The summed E-state index contributed by atoms with van der Waals surface area (Å²) in [5.41, 5.74) is 4.53. The number of rotatable bonds is 1. The molecular formula is C7H18N2O4S. The number of hydrogen-bond donors (Lipinski definition) is 3. The lowest BCUT2D eigenvalue weighted by Crippen LogP contribution is -2.26. The fourth-order valence-electron chi connectivity index (χ4n) is 0. The summed E-state index contributed by atoms with van der Waals surface area (Å²) in [5.74, 6) is -0.481. The predicted octanol–water partition coefficient (Wildman–Crippen LogP) is 0.492. The minimum absolute atomic E-state index is 0. The van der Waals surface area contributed by atoms with Crippen LogP contribution in [0.2, 0.25) is 0 Å². The molecule has 0 aliphatic heterocycles. The predicted molar refractivity (Wildman–Crippen MR) is 55.7 cm³/mol. The molecule has 0 rings (SSSR count). The van der Waals surface area contributed by atoms with Crippen LogP contribution < -0.4 is 11.9 Å². The summed E-state index contributed by atoms with van der Waals surface area (Å²) in [6.07, 6.45) is 1.06. The van der Waals surface area contributed by atoms with Crippen molar-refractivity contribution in [2.45, 2.75) is 25.5 Å². The molecule has 0 bridgehead atoms. The van der Waals surface area contributed by atoms with Crippen molar-refractivity contribution in [2.75, 3.05) is 0 Å². The van der Waals surface area contributed by atoms with Gasteiger partial charge in [0.15, 0.2) is 0 Å². The first kappa shape index (κ1) is 18.8. The molecule has 0 aliphatic carbocycles. The van der Waals surface area contributed by atoms with E-state index in [4.69, 9.17) is 4.55 Å². The molecule has 14 heavy (non-hydrogen) atoms. The van der Waals surface area contributed by atoms with Crippen LogP contribution >= 0.6 is 0 Å². The maximum absolute atomic E-state index is 10.2. The van der Waals surface area contributed by atoms with Gasteiger partial charge in [0.1, 0.15) is 0 Å². The zero-order chi connectivity index (χ0) is 11.3. The summed E-state index contributed by atoms with van der Waals surface area (Å²) >= 11 is 0. The highest BCUT2D eigenvalue weighted by atomic mass is 32.2. The zero-order valence-corrected chi connectivity index (χ0v) is 9.47. The van der Waals surface area contributed by atoms with Crippen LogP contribution in [-0.2, 0) is 14.9 Å². The van der Waals surface area contributed by atoms with E-state index in [1.165, 1.54) is 20.8 Å². The first-order chi connectivity index (χ1) is 5.52. The molecule has 0 aromatic rings. The second-order valence-corrected chi connectivity index (χ2v) is 5.37. The van der Waals surface area contributed by atoms with Gasteiger partial charge in [0.2, 0.25) is 5.91 Å². The van der Waals surface area contributed by atoms with Crippen molar-refractivity contribution in [2.24, 2.45) is 5.73 Å². The average molecular weight is 226 g/mol. The van der Waals surface area contributed by atoms with E-state index in [1.54, 1.807) is 0 Å². The van der Waals surface area contributed by atoms with Gasteiger partial charge in [-0.15, -0.1) is 0 Å². The van der Waals surface area contributed by atoms with E-state index in [1.807, 2.05) is 0 Å². The molecule has 7 heteroatoms. The van der Waals surface area contributed by atoms with Crippen LogP contribution in [0, 0.1) is 0 Å². The summed E-state index contributed by atoms with van der Waals surface area (Å²) in [6.45, 7) is 7.38. The van der Waals surface area contributed by atoms with Crippen molar-refractivity contribution in [3.8, 4) is 0 Å². The number of nitrogens with two attached hydrogens (primary N) is 1. The van der Waals surface area contributed by atoms with Gasteiger partial charge in [0.05, 0.1) is 4.75 Å². The summed E-state index contributed by atoms with van der Waals surface area (Å²) in [5, 5.41) is 0. The van der Waals surface area contributed by atoms with Crippen LogP contribution in [0.5, 0.6) is 0 Å². The van der Waals surface area contributed by atoms with Gasteiger partial charge in [-0.3, -0.25) is 9.35 Å². The molecule has 86 valence electrons. The quantitative estimate of drug-likeness (QED) is 0.442. The van der Waals surface area contributed by atoms with Crippen molar-refractivity contribution in [1.29, 1.82) is 0 Å². The van der Waals surface area contributed by atoms with Crippen molar-refractivity contribution in [3.63, 3.8) is 0 Å². The average Bonchev–Trinajstić information content (AvgIpc) is 1.84. The van der Waals surface area contributed by atoms with E-state index in [2.05, 4.69) is 12.3 Å². The number of primary amides is 1. The largest absolute Gasteiger partial charge is 0.366 e. The van der Waals surface area contributed by atoms with Gasteiger partial charge in [-0.2, -0.15) is 8.42 Å². The Kier molecular flexibility index (Phi) is 8.75. The van der Waals surface area contributed by atoms with Crippen LogP contribution in [0.4, 0.5) is 0 Å². The second kappa shape index (κ2) is 6.52. The molecule has 6 N–H and O–H groups in total. The smallest absolute Gasteiger partial charge is 0.269 e. The summed E-state index contributed by atoms with van der Waals surface area (Å²) in [4.78, 5) is 9.47. The van der Waals surface area contributed by atoms with E-state index >= 15 is 0 Å². The van der Waals surface area contributed by atoms with Crippen molar-refractivity contribution in [3.05, 3.63) is 12.7 Å². The van der Waals surface area contributed by atoms with Gasteiger partial charge in [-0.1, -0.05) is 6.58 Å². The molecule has 0 aromatic heterocycles. The van der Waals surface area contributed by atoms with Crippen molar-refractivity contribution in [1.82, 2.24) is 6.15 Å². The lowest BCUT2D eigenvalue weighted by molar-refractivity contribution is -0.113. The molecule has 0 heterocycles. The minimum atomic E-state index is -3.84. The fourth-order valence-corrected chi connectivity index (χ4v) is 0. The van der Waals surface area contributed by atoms with Gasteiger partial charge in [-0.05, 0) is 26.8 Å². The third-order valence-electron chi connectivity index (χ3n) is 0.975. The van der Waals surface area contributed by atoms with Gasteiger partial charge >= 0.3 is 0 Å². The van der Waals surface area contributed by atoms with Crippen molar-refractivity contribution >= 4 is 16.0 Å². The minimum Gasteiger partial charge on any atom is -0.366 e. The van der Waals surface area contributed by atoms with E-state index in [-0.39, 0.29) is 6.15 Å². The number of amides is 1. The highest BCUT2D eigenvalue weighted by Gasteiger charge is 2.25. The van der Waals surface area contributed by atoms with Crippen LogP contribution in [0.25, 0.3) is 0 Å². The molecule has 0 spiro atoms. The Bertz CT molecular complexity index is 277. The van der Waals surface area contributed by atoms with E-state index in [0.29, 0.717) is 0 Å². The molecule has 0 saturated carbocycles. The Balaban J connectivity index is -0.000000177. The Labute approximate surface area is 84.5 Å². The van der Waals surface area contributed by atoms with Crippen LogP contribution in [-0.4, -0.2) is 23.6 Å². The highest BCUT2D eigenvalue weighted by molar-refractivity contribution is 7.87. The standard InChI is InChI=1S/C4H10O3S.C3H5NO.H3N/c1-4(2,3)8(5,6)7;1-2-3(4)5;/h1-3H3,(H,5,6,7);2H,1H2,(H2,4,5);1H3. The van der Waals surface area contributed by atoms with E-state index in [0.717, 1.165) is 6.08 Å². The van der Waals surface area contributed by atoms with Gasteiger partial charge in [0.25, 0.3) is 10.1 Å². The Morgan fingerprint density at radius 3 is 1.57 bits per heavy atom. The maximum Gasteiger partial charge on any atom is 0.269 e. The third-order valence-corrected chi connectivity index (χ3v) is 2.52. The van der Waals surface area contributed by atoms with E-state index in [9.17, 15) is 13.2 Å². The Morgan fingerprint density at radius 2 is 1.57 bits per heavy atom.